The lowest BCUT2D eigenvalue weighted by molar-refractivity contribution is -0.0282. The van der Waals surface area contributed by atoms with Crippen molar-refractivity contribution in [2.45, 2.75) is 13.1 Å². The molecule has 1 saturated heterocycles. The van der Waals surface area contributed by atoms with E-state index in [1.165, 1.54) is 5.52 Å². The summed E-state index contributed by atoms with van der Waals surface area (Å²) < 4.78 is 7.61. The van der Waals surface area contributed by atoms with Gasteiger partial charge in [-0.15, -0.1) is 0 Å². The first-order valence-corrected chi connectivity index (χ1v) is 5.63. The molecule has 1 aliphatic heterocycles. The molecule has 1 fully saturated rings. The van der Waals surface area contributed by atoms with Gasteiger partial charge in [0.25, 0.3) is 0 Å². The second-order valence-electron chi connectivity index (χ2n) is 4.13. The zero-order valence-corrected chi connectivity index (χ0v) is 9.17. The van der Waals surface area contributed by atoms with Crippen molar-refractivity contribution in [3.05, 3.63) is 30.6 Å². The zero-order chi connectivity index (χ0) is 10.8. The predicted octanol–water partition coefficient (Wildman–Crippen LogP) is 1.67. The molecule has 84 valence electrons. The van der Waals surface area contributed by atoms with E-state index < -0.39 is 0 Å². The number of hydrogen-bond donors (Lipinski definition) is 0. The Balaban J connectivity index is 1.83. The minimum atomic E-state index is 0.729. The quantitative estimate of drug-likeness (QED) is 0.766. The van der Waals surface area contributed by atoms with Gasteiger partial charge in [0.05, 0.1) is 24.0 Å². The van der Waals surface area contributed by atoms with Crippen molar-refractivity contribution in [2.24, 2.45) is 0 Å². The minimum Gasteiger partial charge on any atom is -0.366 e. The summed E-state index contributed by atoms with van der Waals surface area (Å²) >= 11 is 0. The van der Waals surface area contributed by atoms with Gasteiger partial charge in [0.2, 0.25) is 0 Å². The molecule has 0 bridgehead atoms. The standard InChI is InChI=1S/C12H15N3O/c1-2-5-12-11(4-1)13-8-15(12)9-14-6-3-7-16-10-14/h1-2,4-5,8H,3,6-7,9-10H2. The number of hydrogen-bond acceptors (Lipinski definition) is 3. The van der Waals surface area contributed by atoms with E-state index in [1.807, 2.05) is 24.5 Å². The predicted molar refractivity (Wildman–Crippen MR) is 61.9 cm³/mol. The van der Waals surface area contributed by atoms with Crippen LogP contribution in [0.3, 0.4) is 0 Å². The monoisotopic (exact) mass is 217 g/mol. The van der Waals surface area contributed by atoms with Crippen LogP contribution in [0.25, 0.3) is 11.0 Å². The summed E-state index contributed by atoms with van der Waals surface area (Å²) in [5, 5.41) is 0. The lowest BCUT2D eigenvalue weighted by Crippen LogP contribution is -2.34. The Labute approximate surface area is 94.4 Å². The molecule has 0 saturated carbocycles. The molecule has 2 aromatic rings. The van der Waals surface area contributed by atoms with E-state index in [0.717, 1.165) is 38.5 Å². The van der Waals surface area contributed by atoms with Crippen molar-refractivity contribution in [3.8, 4) is 0 Å². The van der Waals surface area contributed by atoms with E-state index in [9.17, 15) is 0 Å². The van der Waals surface area contributed by atoms with Gasteiger partial charge in [-0.05, 0) is 18.6 Å². The van der Waals surface area contributed by atoms with E-state index in [2.05, 4.69) is 20.5 Å². The topological polar surface area (TPSA) is 30.3 Å². The van der Waals surface area contributed by atoms with Gasteiger partial charge in [0.1, 0.15) is 6.73 Å². The molecule has 4 heteroatoms. The van der Waals surface area contributed by atoms with Gasteiger partial charge in [0, 0.05) is 13.2 Å². The summed E-state index contributed by atoms with van der Waals surface area (Å²) in [6, 6.07) is 8.21. The fourth-order valence-electron chi connectivity index (χ4n) is 2.10. The molecular weight excluding hydrogens is 202 g/mol. The van der Waals surface area contributed by atoms with Crippen LogP contribution >= 0.6 is 0 Å². The van der Waals surface area contributed by atoms with Gasteiger partial charge in [-0.2, -0.15) is 0 Å². The molecule has 2 heterocycles. The summed E-state index contributed by atoms with van der Waals surface area (Å²) in [5.41, 5.74) is 2.24. The van der Waals surface area contributed by atoms with E-state index in [0.29, 0.717) is 0 Å². The lowest BCUT2D eigenvalue weighted by Gasteiger charge is -2.26. The largest absolute Gasteiger partial charge is 0.366 e. The van der Waals surface area contributed by atoms with Crippen LogP contribution < -0.4 is 0 Å². The highest BCUT2D eigenvalue weighted by molar-refractivity contribution is 5.74. The third-order valence-electron chi connectivity index (χ3n) is 2.92. The number of fused-ring (bicyclic) bond motifs is 1. The van der Waals surface area contributed by atoms with Crippen LogP contribution in [0.5, 0.6) is 0 Å². The first-order chi connectivity index (χ1) is 7.93. The summed E-state index contributed by atoms with van der Waals surface area (Å²) in [6.07, 6.45) is 3.02. The van der Waals surface area contributed by atoms with Crippen molar-refractivity contribution in [3.63, 3.8) is 0 Å². The van der Waals surface area contributed by atoms with E-state index in [-0.39, 0.29) is 0 Å². The highest BCUT2D eigenvalue weighted by Crippen LogP contribution is 2.13. The summed E-state index contributed by atoms with van der Waals surface area (Å²) in [4.78, 5) is 6.67. The molecular formula is C12H15N3O. The molecule has 0 radical (unpaired) electrons. The molecule has 0 amide bonds. The Bertz CT molecular complexity index is 474. The van der Waals surface area contributed by atoms with Crippen LogP contribution in [0.15, 0.2) is 30.6 Å². The first kappa shape index (κ1) is 9.81. The van der Waals surface area contributed by atoms with Gasteiger partial charge >= 0.3 is 0 Å². The molecule has 0 N–H and O–H groups in total. The summed E-state index contributed by atoms with van der Waals surface area (Å²) in [5.74, 6) is 0. The van der Waals surface area contributed by atoms with Crippen molar-refractivity contribution < 1.29 is 4.74 Å². The van der Waals surface area contributed by atoms with Crippen molar-refractivity contribution in [1.82, 2.24) is 14.5 Å². The molecule has 3 rings (SSSR count). The van der Waals surface area contributed by atoms with Crippen LogP contribution in [-0.2, 0) is 11.4 Å². The summed E-state index contributed by atoms with van der Waals surface area (Å²) in [6.45, 7) is 3.58. The number of para-hydroxylation sites is 2. The Morgan fingerprint density at radius 2 is 2.25 bits per heavy atom. The fraction of sp³-hybridized carbons (Fsp3) is 0.417. The fourth-order valence-corrected chi connectivity index (χ4v) is 2.10. The van der Waals surface area contributed by atoms with Crippen LogP contribution in [-0.4, -0.2) is 34.3 Å². The van der Waals surface area contributed by atoms with Crippen molar-refractivity contribution in [2.75, 3.05) is 19.9 Å². The van der Waals surface area contributed by atoms with Crippen LogP contribution in [0, 0.1) is 0 Å². The number of imidazole rings is 1. The van der Waals surface area contributed by atoms with Crippen molar-refractivity contribution in [1.29, 1.82) is 0 Å². The molecule has 1 aromatic heterocycles. The van der Waals surface area contributed by atoms with E-state index in [1.54, 1.807) is 0 Å². The molecule has 0 unspecified atom stereocenters. The second kappa shape index (κ2) is 4.23. The van der Waals surface area contributed by atoms with Gasteiger partial charge in [-0.1, -0.05) is 12.1 Å². The number of nitrogens with zero attached hydrogens (tertiary/aromatic N) is 3. The maximum absolute atomic E-state index is 5.44. The SMILES string of the molecule is c1ccc2c(c1)ncn2CN1CCCOC1. The minimum absolute atomic E-state index is 0.729. The third-order valence-corrected chi connectivity index (χ3v) is 2.92. The highest BCUT2D eigenvalue weighted by atomic mass is 16.5. The maximum Gasteiger partial charge on any atom is 0.100 e. The molecule has 16 heavy (non-hydrogen) atoms. The van der Waals surface area contributed by atoms with Crippen LogP contribution in [0.4, 0.5) is 0 Å². The number of benzene rings is 1. The van der Waals surface area contributed by atoms with Gasteiger partial charge in [-0.3, -0.25) is 4.90 Å². The zero-order valence-electron chi connectivity index (χ0n) is 9.17. The van der Waals surface area contributed by atoms with Gasteiger partial charge < -0.3 is 9.30 Å². The number of rotatable bonds is 2. The average Bonchev–Trinajstić information content (AvgIpc) is 2.74. The molecule has 0 aliphatic carbocycles. The van der Waals surface area contributed by atoms with Crippen LogP contribution in [0.2, 0.25) is 0 Å². The van der Waals surface area contributed by atoms with E-state index >= 15 is 0 Å². The second-order valence-corrected chi connectivity index (χ2v) is 4.13. The molecule has 1 aliphatic rings. The molecule has 1 aromatic carbocycles. The van der Waals surface area contributed by atoms with Gasteiger partial charge in [0.15, 0.2) is 0 Å². The first-order valence-electron chi connectivity index (χ1n) is 5.63. The molecule has 4 nitrogen and oxygen atoms in total. The average molecular weight is 217 g/mol. The Morgan fingerprint density at radius 3 is 3.12 bits per heavy atom. The maximum atomic E-state index is 5.44. The normalized spacial score (nSPS) is 18.0. The molecule has 0 atom stereocenters. The third kappa shape index (κ3) is 1.81. The van der Waals surface area contributed by atoms with Crippen LogP contribution in [0.1, 0.15) is 6.42 Å². The van der Waals surface area contributed by atoms with E-state index in [4.69, 9.17) is 4.74 Å². The smallest absolute Gasteiger partial charge is 0.100 e. The Kier molecular flexibility index (Phi) is 2.60. The Hall–Kier alpha value is -1.39. The molecule has 0 spiro atoms. The van der Waals surface area contributed by atoms with Crippen molar-refractivity contribution >= 4 is 11.0 Å². The van der Waals surface area contributed by atoms with Gasteiger partial charge in [-0.25, -0.2) is 4.98 Å². The lowest BCUT2D eigenvalue weighted by atomic mass is 10.3. The summed E-state index contributed by atoms with van der Waals surface area (Å²) in [7, 11) is 0. The Morgan fingerprint density at radius 1 is 1.31 bits per heavy atom. The highest BCUT2D eigenvalue weighted by Gasteiger charge is 2.11. The number of aromatic nitrogens is 2. The number of ether oxygens (including phenoxy) is 1.